The average molecular weight is 297 g/mol. The van der Waals surface area contributed by atoms with Gasteiger partial charge in [-0.05, 0) is 31.4 Å². The average Bonchev–Trinajstić information content (AvgIpc) is 2.49. The van der Waals surface area contributed by atoms with Gasteiger partial charge in [-0.1, -0.05) is 13.0 Å². The number of halogens is 2. The Hall–Kier alpha value is -1.98. The van der Waals surface area contributed by atoms with Crippen molar-refractivity contribution >= 4 is 11.9 Å². The first-order valence-corrected chi connectivity index (χ1v) is 6.88. The van der Waals surface area contributed by atoms with E-state index in [-0.39, 0.29) is 12.1 Å². The molecule has 1 fully saturated rings. The second kappa shape index (κ2) is 5.79. The fourth-order valence-electron chi connectivity index (χ4n) is 2.76. The van der Waals surface area contributed by atoms with Gasteiger partial charge in [-0.2, -0.15) is 0 Å². The van der Waals surface area contributed by atoms with Crippen LogP contribution in [0.4, 0.5) is 8.78 Å². The Kier molecular flexibility index (Phi) is 4.25. The van der Waals surface area contributed by atoms with Gasteiger partial charge in [0.15, 0.2) is 11.6 Å². The van der Waals surface area contributed by atoms with Crippen LogP contribution in [0.2, 0.25) is 0 Å². The second-order valence-corrected chi connectivity index (χ2v) is 5.37. The van der Waals surface area contributed by atoms with Gasteiger partial charge in [-0.15, -0.1) is 0 Å². The zero-order valence-electron chi connectivity index (χ0n) is 11.7. The van der Waals surface area contributed by atoms with Crippen molar-refractivity contribution < 1.29 is 23.5 Å². The van der Waals surface area contributed by atoms with Crippen molar-refractivity contribution in [3.63, 3.8) is 0 Å². The van der Waals surface area contributed by atoms with E-state index in [1.54, 1.807) is 6.92 Å². The molecule has 0 aromatic heterocycles. The molecule has 6 heteroatoms. The lowest BCUT2D eigenvalue weighted by atomic mass is 9.77. The molecular weight excluding hydrogens is 280 g/mol. The number of amides is 1. The third-order valence-electron chi connectivity index (χ3n) is 4.18. The summed E-state index contributed by atoms with van der Waals surface area (Å²) in [6, 6.07) is 3.42. The van der Waals surface area contributed by atoms with Crippen LogP contribution in [0.25, 0.3) is 0 Å². The Bertz CT molecular complexity index is 576. The van der Waals surface area contributed by atoms with Crippen molar-refractivity contribution in [2.45, 2.75) is 26.2 Å². The van der Waals surface area contributed by atoms with E-state index in [4.69, 9.17) is 0 Å². The Morgan fingerprint density at radius 1 is 1.38 bits per heavy atom. The summed E-state index contributed by atoms with van der Waals surface area (Å²) in [5.74, 6) is -3.89. The molecule has 4 nitrogen and oxygen atoms in total. The minimum Gasteiger partial charge on any atom is -0.481 e. The summed E-state index contributed by atoms with van der Waals surface area (Å²) in [6.45, 7) is 2.13. The predicted octanol–water partition coefficient (Wildman–Crippen LogP) is 2.68. The number of carboxylic acids is 1. The van der Waals surface area contributed by atoms with Crippen molar-refractivity contribution in [3.05, 3.63) is 35.4 Å². The van der Waals surface area contributed by atoms with Gasteiger partial charge in [-0.25, -0.2) is 8.78 Å². The molecule has 1 aliphatic rings. The van der Waals surface area contributed by atoms with E-state index >= 15 is 0 Å². The number of carbonyl (C=O) groups excluding carboxylic acids is 1. The van der Waals surface area contributed by atoms with Crippen LogP contribution in [0.5, 0.6) is 0 Å². The van der Waals surface area contributed by atoms with E-state index in [2.05, 4.69) is 0 Å². The van der Waals surface area contributed by atoms with Crippen LogP contribution in [0, 0.1) is 17.0 Å². The molecule has 1 unspecified atom stereocenters. The summed E-state index contributed by atoms with van der Waals surface area (Å²) in [5.41, 5.74) is -1.36. The molecule has 0 saturated carbocycles. The highest BCUT2D eigenvalue weighted by Gasteiger charge is 2.42. The number of hydrogen-bond acceptors (Lipinski definition) is 2. The topological polar surface area (TPSA) is 57.6 Å². The van der Waals surface area contributed by atoms with Gasteiger partial charge in [0.05, 0.1) is 11.0 Å². The maximum absolute atomic E-state index is 13.7. The predicted molar refractivity (Wildman–Crippen MR) is 71.9 cm³/mol. The third-order valence-corrected chi connectivity index (χ3v) is 4.18. The molecule has 1 N–H and O–H groups in total. The van der Waals surface area contributed by atoms with E-state index < -0.39 is 28.9 Å². The molecule has 0 spiro atoms. The zero-order valence-corrected chi connectivity index (χ0v) is 11.7. The molecule has 2 rings (SSSR count). The van der Waals surface area contributed by atoms with E-state index in [1.807, 2.05) is 0 Å². The maximum atomic E-state index is 13.7. The number of rotatable bonds is 3. The van der Waals surface area contributed by atoms with Crippen LogP contribution in [0.1, 0.15) is 36.5 Å². The van der Waals surface area contributed by atoms with Crippen LogP contribution in [-0.2, 0) is 4.79 Å². The van der Waals surface area contributed by atoms with E-state index in [9.17, 15) is 23.5 Å². The quantitative estimate of drug-likeness (QED) is 0.933. The van der Waals surface area contributed by atoms with E-state index in [0.717, 1.165) is 6.07 Å². The first-order chi connectivity index (χ1) is 9.91. The molecule has 1 amide bonds. The Labute approximate surface area is 121 Å². The van der Waals surface area contributed by atoms with Gasteiger partial charge in [0.2, 0.25) is 0 Å². The molecule has 1 heterocycles. The van der Waals surface area contributed by atoms with Gasteiger partial charge in [0.1, 0.15) is 0 Å². The number of benzene rings is 1. The highest BCUT2D eigenvalue weighted by Crippen LogP contribution is 2.34. The van der Waals surface area contributed by atoms with Gasteiger partial charge in [-0.3, -0.25) is 9.59 Å². The van der Waals surface area contributed by atoms with Crippen LogP contribution < -0.4 is 0 Å². The highest BCUT2D eigenvalue weighted by molar-refractivity contribution is 5.95. The van der Waals surface area contributed by atoms with Crippen LogP contribution in [0.15, 0.2) is 18.2 Å². The molecule has 0 radical (unpaired) electrons. The Morgan fingerprint density at radius 2 is 2.10 bits per heavy atom. The number of nitrogens with zero attached hydrogens (tertiary/aromatic N) is 1. The van der Waals surface area contributed by atoms with Crippen molar-refractivity contribution in [2.24, 2.45) is 5.41 Å². The van der Waals surface area contributed by atoms with Gasteiger partial charge in [0, 0.05) is 13.1 Å². The van der Waals surface area contributed by atoms with Crippen LogP contribution >= 0.6 is 0 Å². The molecule has 1 aromatic rings. The van der Waals surface area contributed by atoms with Crippen molar-refractivity contribution in [1.29, 1.82) is 0 Å². The van der Waals surface area contributed by atoms with Crippen molar-refractivity contribution in [1.82, 2.24) is 4.90 Å². The largest absolute Gasteiger partial charge is 0.481 e. The molecule has 0 bridgehead atoms. The van der Waals surface area contributed by atoms with Crippen molar-refractivity contribution in [3.8, 4) is 0 Å². The number of carbonyl (C=O) groups is 2. The fourth-order valence-corrected chi connectivity index (χ4v) is 2.76. The first kappa shape index (κ1) is 15.4. The first-order valence-electron chi connectivity index (χ1n) is 6.88. The minimum atomic E-state index is -1.19. The zero-order chi connectivity index (χ0) is 15.6. The number of piperidine rings is 1. The molecule has 1 saturated heterocycles. The second-order valence-electron chi connectivity index (χ2n) is 5.37. The molecule has 1 atom stereocenters. The van der Waals surface area contributed by atoms with E-state index in [1.165, 1.54) is 17.0 Å². The van der Waals surface area contributed by atoms with Gasteiger partial charge >= 0.3 is 5.97 Å². The highest BCUT2D eigenvalue weighted by atomic mass is 19.2. The molecule has 0 aliphatic carbocycles. The number of hydrogen-bond donors (Lipinski definition) is 1. The summed E-state index contributed by atoms with van der Waals surface area (Å²) < 4.78 is 26.9. The van der Waals surface area contributed by atoms with Crippen LogP contribution in [-0.4, -0.2) is 35.0 Å². The lowest BCUT2D eigenvalue weighted by molar-refractivity contribution is -0.152. The Balaban J connectivity index is 2.27. The molecule has 114 valence electrons. The fraction of sp³-hybridized carbons (Fsp3) is 0.467. The van der Waals surface area contributed by atoms with Gasteiger partial charge in [0.25, 0.3) is 5.91 Å². The molecule has 1 aliphatic heterocycles. The lowest BCUT2D eigenvalue weighted by Gasteiger charge is -2.39. The molecule has 1 aromatic carbocycles. The normalized spacial score (nSPS) is 22.1. The summed E-state index contributed by atoms with van der Waals surface area (Å²) in [5, 5.41) is 9.39. The number of aliphatic carboxylic acids is 1. The number of likely N-dealkylation sites (tertiary alicyclic amines) is 1. The number of carboxylic acid groups (broad SMARTS) is 1. The molecule has 21 heavy (non-hydrogen) atoms. The van der Waals surface area contributed by atoms with Crippen molar-refractivity contribution in [2.75, 3.05) is 13.1 Å². The summed E-state index contributed by atoms with van der Waals surface area (Å²) in [7, 11) is 0. The Morgan fingerprint density at radius 3 is 2.71 bits per heavy atom. The summed E-state index contributed by atoms with van der Waals surface area (Å²) >= 11 is 0. The minimum absolute atomic E-state index is 0.0214. The maximum Gasteiger partial charge on any atom is 0.311 e. The third kappa shape index (κ3) is 2.75. The standard InChI is InChI=1S/C15H17F2NO3/c1-2-15(14(20)21)7-4-8-18(9-15)13(19)10-5-3-6-11(16)12(10)17/h3,5-6H,2,4,7-9H2,1H3,(H,20,21). The summed E-state index contributed by atoms with van der Waals surface area (Å²) in [6.07, 6.45) is 1.40. The smallest absolute Gasteiger partial charge is 0.311 e. The lowest BCUT2D eigenvalue weighted by Crippen LogP contribution is -2.49. The monoisotopic (exact) mass is 297 g/mol. The van der Waals surface area contributed by atoms with E-state index in [0.29, 0.717) is 25.8 Å². The summed E-state index contributed by atoms with van der Waals surface area (Å²) in [4.78, 5) is 25.1. The van der Waals surface area contributed by atoms with Crippen LogP contribution in [0.3, 0.4) is 0 Å². The van der Waals surface area contributed by atoms with Gasteiger partial charge < -0.3 is 10.0 Å². The molecular formula is C15H17F2NO3. The SMILES string of the molecule is CCC1(C(=O)O)CCCN(C(=O)c2cccc(F)c2F)C1.